The van der Waals surface area contributed by atoms with E-state index < -0.39 is 0 Å². The molecule has 1 aliphatic heterocycles. The van der Waals surface area contributed by atoms with Crippen LogP contribution in [0.25, 0.3) is 0 Å². The summed E-state index contributed by atoms with van der Waals surface area (Å²) < 4.78 is 6.00. The fraction of sp³-hybridized carbons (Fsp3) is 0.389. The predicted octanol–water partition coefficient (Wildman–Crippen LogP) is 3.07. The maximum atomic E-state index is 12.5. The number of hydrogen-bond donors (Lipinski definition) is 2. The fourth-order valence-corrected chi connectivity index (χ4v) is 4.30. The smallest absolute Gasteiger partial charge is 0.225 e. The molecule has 0 spiro atoms. The molecule has 24 heavy (non-hydrogen) atoms. The highest BCUT2D eigenvalue weighted by Crippen LogP contribution is 2.34. The van der Waals surface area contributed by atoms with E-state index in [0.717, 1.165) is 28.6 Å². The highest BCUT2D eigenvalue weighted by molar-refractivity contribution is 7.16. The van der Waals surface area contributed by atoms with Gasteiger partial charge in [0.05, 0.1) is 17.4 Å². The summed E-state index contributed by atoms with van der Waals surface area (Å²) in [5.41, 5.74) is 1.15. The van der Waals surface area contributed by atoms with Crippen molar-refractivity contribution in [3.63, 3.8) is 0 Å². The zero-order valence-corrected chi connectivity index (χ0v) is 15.1. The van der Waals surface area contributed by atoms with Crippen molar-refractivity contribution >= 4 is 28.8 Å². The summed E-state index contributed by atoms with van der Waals surface area (Å²) in [5, 5.41) is 6.39. The largest absolute Gasteiger partial charge is 0.497 e. The summed E-state index contributed by atoms with van der Waals surface area (Å²) in [5.74, 6) is 1.12. The molecule has 1 aromatic heterocycles. The molecule has 1 amide bonds. The molecule has 2 atom stereocenters. The summed E-state index contributed by atoms with van der Waals surface area (Å²) in [6.07, 6.45) is 0.790. The topological polar surface area (TPSA) is 50.4 Å². The molecule has 2 heterocycles. The van der Waals surface area contributed by atoms with Gasteiger partial charge >= 0.3 is 0 Å². The number of halogens is 1. The first-order valence-electron chi connectivity index (χ1n) is 8.04. The molecule has 1 fully saturated rings. The zero-order valence-electron chi connectivity index (χ0n) is 13.5. The minimum Gasteiger partial charge on any atom is -0.497 e. The number of hydrogen-bond acceptors (Lipinski definition) is 4. The summed E-state index contributed by atoms with van der Waals surface area (Å²) in [6, 6.07) is 11.9. The lowest BCUT2D eigenvalue weighted by Gasteiger charge is -2.17. The fourth-order valence-electron chi connectivity index (χ4n) is 3.07. The van der Waals surface area contributed by atoms with Crippen LogP contribution in [0.5, 0.6) is 5.75 Å². The molecule has 4 nitrogen and oxygen atoms in total. The molecule has 2 N–H and O–H groups in total. The molecule has 1 aliphatic rings. The van der Waals surface area contributed by atoms with Gasteiger partial charge in [-0.3, -0.25) is 4.79 Å². The molecule has 128 valence electrons. The molecular formula is C18H21ClN2O2S. The monoisotopic (exact) mass is 364 g/mol. The van der Waals surface area contributed by atoms with Crippen molar-refractivity contribution in [1.82, 2.24) is 10.6 Å². The highest BCUT2D eigenvalue weighted by atomic mass is 35.5. The van der Waals surface area contributed by atoms with Crippen molar-refractivity contribution in [2.24, 2.45) is 5.92 Å². The predicted molar refractivity (Wildman–Crippen MR) is 98.1 cm³/mol. The first-order valence-corrected chi connectivity index (χ1v) is 9.23. The Kier molecular flexibility index (Phi) is 5.76. The van der Waals surface area contributed by atoms with E-state index in [2.05, 4.69) is 10.6 Å². The lowest BCUT2D eigenvalue weighted by molar-refractivity contribution is -0.124. The Morgan fingerprint density at radius 2 is 2.25 bits per heavy atom. The van der Waals surface area contributed by atoms with Crippen molar-refractivity contribution in [2.45, 2.75) is 12.3 Å². The number of carbonyl (C=O) groups excluding carboxylic acids is 1. The first kappa shape index (κ1) is 17.3. The van der Waals surface area contributed by atoms with Gasteiger partial charge in [0.2, 0.25) is 5.91 Å². The van der Waals surface area contributed by atoms with E-state index in [1.165, 1.54) is 4.88 Å². The third-order valence-electron chi connectivity index (χ3n) is 4.36. The van der Waals surface area contributed by atoms with Crippen LogP contribution in [0.1, 0.15) is 16.4 Å². The van der Waals surface area contributed by atoms with Crippen molar-refractivity contribution in [3.05, 3.63) is 51.2 Å². The Morgan fingerprint density at radius 1 is 1.38 bits per heavy atom. The number of methoxy groups -OCH3 is 1. The van der Waals surface area contributed by atoms with E-state index in [9.17, 15) is 4.79 Å². The van der Waals surface area contributed by atoms with Crippen LogP contribution in [-0.2, 0) is 11.2 Å². The Bertz CT molecular complexity index is 704. The van der Waals surface area contributed by atoms with Crippen LogP contribution >= 0.6 is 22.9 Å². The summed E-state index contributed by atoms with van der Waals surface area (Å²) in [7, 11) is 1.66. The van der Waals surface area contributed by atoms with Gasteiger partial charge in [-0.05, 0) is 36.2 Å². The second-order valence-electron chi connectivity index (χ2n) is 5.91. The standard InChI is InChI=1S/C18H21ClN2O2S/c1-23-13-4-2-3-12(9-13)7-8-21-18(22)15-11-20-10-14(15)16-5-6-17(19)24-16/h2-6,9,14-15,20H,7-8,10-11H2,1H3,(H,21,22)/t14-,15-/m1/s1. The summed E-state index contributed by atoms with van der Waals surface area (Å²) in [6.45, 7) is 2.16. The Morgan fingerprint density at radius 3 is 3.00 bits per heavy atom. The molecule has 2 aromatic rings. The number of rotatable bonds is 6. The summed E-state index contributed by atoms with van der Waals surface area (Å²) >= 11 is 7.59. The molecule has 0 aliphatic carbocycles. The molecule has 6 heteroatoms. The average Bonchev–Trinajstić information content (AvgIpc) is 3.23. The van der Waals surface area contributed by atoms with Crippen LogP contribution in [0.2, 0.25) is 4.34 Å². The molecule has 0 unspecified atom stereocenters. The van der Waals surface area contributed by atoms with Crippen LogP contribution in [0, 0.1) is 5.92 Å². The molecule has 3 rings (SSSR count). The van der Waals surface area contributed by atoms with E-state index in [0.29, 0.717) is 13.1 Å². The Labute approximate surface area is 151 Å². The normalized spacial score (nSPS) is 20.1. The molecular weight excluding hydrogens is 344 g/mol. The molecule has 0 bridgehead atoms. The van der Waals surface area contributed by atoms with Crippen molar-refractivity contribution < 1.29 is 9.53 Å². The maximum Gasteiger partial charge on any atom is 0.225 e. The number of benzene rings is 1. The second-order valence-corrected chi connectivity index (χ2v) is 7.65. The third-order valence-corrected chi connectivity index (χ3v) is 5.72. The first-order chi connectivity index (χ1) is 11.7. The zero-order chi connectivity index (χ0) is 16.9. The van der Waals surface area contributed by atoms with Crippen LogP contribution in [0.4, 0.5) is 0 Å². The Balaban J connectivity index is 1.54. The lowest BCUT2D eigenvalue weighted by Crippen LogP contribution is -2.35. The van der Waals surface area contributed by atoms with Gasteiger partial charge in [-0.2, -0.15) is 0 Å². The molecule has 1 saturated heterocycles. The van der Waals surface area contributed by atoms with Crippen molar-refractivity contribution in [3.8, 4) is 5.75 Å². The highest BCUT2D eigenvalue weighted by Gasteiger charge is 2.34. The minimum atomic E-state index is -0.0370. The molecule has 1 aromatic carbocycles. The second kappa shape index (κ2) is 8.01. The van der Waals surface area contributed by atoms with Gasteiger partial charge < -0.3 is 15.4 Å². The van der Waals surface area contributed by atoms with Gasteiger partial charge in [0.15, 0.2) is 0 Å². The quantitative estimate of drug-likeness (QED) is 0.828. The van der Waals surface area contributed by atoms with E-state index in [4.69, 9.17) is 16.3 Å². The number of ether oxygens (including phenoxy) is 1. The van der Waals surface area contributed by atoms with Crippen LogP contribution in [-0.4, -0.2) is 32.7 Å². The number of thiophene rings is 1. The SMILES string of the molecule is COc1cccc(CCNC(=O)[C@@H]2CNC[C@H]2c2ccc(Cl)s2)c1. The van der Waals surface area contributed by atoms with Crippen molar-refractivity contribution in [1.29, 1.82) is 0 Å². The van der Waals surface area contributed by atoms with Crippen LogP contribution in [0.3, 0.4) is 0 Å². The van der Waals surface area contributed by atoms with Crippen LogP contribution < -0.4 is 15.4 Å². The number of carbonyl (C=O) groups is 1. The van der Waals surface area contributed by atoms with Gasteiger partial charge in [0.25, 0.3) is 0 Å². The number of amides is 1. The van der Waals surface area contributed by atoms with E-state index in [1.54, 1.807) is 18.4 Å². The van der Waals surface area contributed by atoms with Crippen molar-refractivity contribution in [2.75, 3.05) is 26.7 Å². The minimum absolute atomic E-state index is 0.0370. The van der Waals surface area contributed by atoms with Crippen LogP contribution in [0.15, 0.2) is 36.4 Å². The van der Waals surface area contributed by atoms with E-state index in [-0.39, 0.29) is 17.7 Å². The van der Waals surface area contributed by atoms with Gasteiger partial charge in [-0.25, -0.2) is 0 Å². The Hall–Kier alpha value is -1.56. The molecule has 0 radical (unpaired) electrons. The number of nitrogens with one attached hydrogen (secondary N) is 2. The van der Waals surface area contributed by atoms with Gasteiger partial charge in [0, 0.05) is 30.4 Å². The average molecular weight is 365 g/mol. The van der Waals surface area contributed by atoms with Gasteiger partial charge in [0.1, 0.15) is 5.75 Å². The van der Waals surface area contributed by atoms with E-state index >= 15 is 0 Å². The van der Waals surface area contributed by atoms with Gasteiger partial charge in [-0.15, -0.1) is 11.3 Å². The maximum absolute atomic E-state index is 12.5. The van der Waals surface area contributed by atoms with E-state index in [1.807, 2.05) is 36.4 Å². The lowest BCUT2D eigenvalue weighted by atomic mass is 9.93. The van der Waals surface area contributed by atoms with Gasteiger partial charge in [-0.1, -0.05) is 23.7 Å². The molecule has 0 saturated carbocycles. The summed E-state index contributed by atoms with van der Waals surface area (Å²) in [4.78, 5) is 13.7. The third kappa shape index (κ3) is 4.09.